The molecule has 1 heterocycles. The summed E-state index contributed by atoms with van der Waals surface area (Å²) >= 11 is 4.34. The molecular weight excluding hydrogens is 242 g/mol. The van der Waals surface area contributed by atoms with Gasteiger partial charge in [-0.05, 0) is 42.1 Å². The molecule has 18 heavy (non-hydrogen) atoms. The fourth-order valence-corrected chi connectivity index (χ4v) is 3.53. The van der Waals surface area contributed by atoms with Gasteiger partial charge in [0.15, 0.2) is 0 Å². The van der Waals surface area contributed by atoms with Gasteiger partial charge < -0.3 is 4.90 Å². The Hall–Kier alpha value is -0.960. The SMILES string of the molecule is O=C1CC(CS)CN1C1CCCc2ccccc21. The molecule has 1 aliphatic carbocycles. The summed E-state index contributed by atoms with van der Waals surface area (Å²) in [5.74, 6) is 1.57. The normalized spacial score (nSPS) is 27.4. The van der Waals surface area contributed by atoms with E-state index in [-0.39, 0.29) is 0 Å². The molecule has 0 saturated carbocycles. The molecule has 2 unspecified atom stereocenters. The molecule has 1 amide bonds. The Kier molecular flexibility index (Phi) is 3.33. The molecule has 0 radical (unpaired) electrons. The first-order chi connectivity index (χ1) is 8.79. The number of benzene rings is 1. The first kappa shape index (κ1) is 12.1. The van der Waals surface area contributed by atoms with Crippen LogP contribution in [0.5, 0.6) is 0 Å². The highest BCUT2D eigenvalue weighted by Gasteiger charge is 2.35. The number of carbonyl (C=O) groups excluding carboxylic acids is 1. The molecule has 96 valence electrons. The van der Waals surface area contributed by atoms with Gasteiger partial charge in [0.2, 0.25) is 5.91 Å². The maximum atomic E-state index is 12.1. The number of rotatable bonds is 2. The Morgan fingerprint density at radius 3 is 2.94 bits per heavy atom. The van der Waals surface area contributed by atoms with Gasteiger partial charge in [-0.25, -0.2) is 0 Å². The van der Waals surface area contributed by atoms with Crippen molar-refractivity contribution >= 4 is 18.5 Å². The summed E-state index contributed by atoms with van der Waals surface area (Å²) in [5, 5.41) is 0. The Balaban J connectivity index is 1.88. The smallest absolute Gasteiger partial charge is 0.223 e. The predicted octanol–water partition coefficient (Wildman–Crippen LogP) is 2.84. The number of nitrogens with zero attached hydrogens (tertiary/aromatic N) is 1. The molecule has 2 nitrogen and oxygen atoms in total. The maximum absolute atomic E-state index is 12.1. The molecule has 1 saturated heterocycles. The third-order valence-corrected chi connectivity index (χ3v) is 4.73. The standard InChI is InChI=1S/C15H19NOS/c17-15-8-11(10-18)9-16(15)14-7-3-5-12-4-1-2-6-13(12)14/h1-2,4,6,11,14,18H,3,5,7-10H2. The van der Waals surface area contributed by atoms with E-state index in [1.54, 1.807) is 0 Å². The zero-order valence-electron chi connectivity index (χ0n) is 10.5. The third-order valence-electron chi connectivity index (χ3n) is 4.21. The van der Waals surface area contributed by atoms with E-state index >= 15 is 0 Å². The van der Waals surface area contributed by atoms with Crippen molar-refractivity contribution in [2.45, 2.75) is 31.7 Å². The number of hydrogen-bond acceptors (Lipinski definition) is 2. The number of thiol groups is 1. The minimum absolute atomic E-state index is 0.312. The van der Waals surface area contributed by atoms with E-state index in [0.717, 1.165) is 25.1 Å². The van der Waals surface area contributed by atoms with Crippen molar-refractivity contribution in [2.75, 3.05) is 12.3 Å². The number of aryl methyl sites for hydroxylation is 1. The Morgan fingerprint density at radius 1 is 1.33 bits per heavy atom. The van der Waals surface area contributed by atoms with Gasteiger partial charge in [0.25, 0.3) is 0 Å². The van der Waals surface area contributed by atoms with Crippen LogP contribution in [0.15, 0.2) is 24.3 Å². The molecule has 3 heteroatoms. The van der Waals surface area contributed by atoms with Crippen molar-refractivity contribution in [3.05, 3.63) is 35.4 Å². The van der Waals surface area contributed by atoms with Crippen molar-refractivity contribution in [3.63, 3.8) is 0 Å². The first-order valence-electron chi connectivity index (χ1n) is 6.77. The average Bonchev–Trinajstić information content (AvgIpc) is 2.79. The first-order valence-corrected chi connectivity index (χ1v) is 7.41. The zero-order valence-corrected chi connectivity index (χ0v) is 11.4. The third kappa shape index (κ3) is 2.05. The summed E-state index contributed by atoms with van der Waals surface area (Å²) in [6, 6.07) is 8.91. The summed E-state index contributed by atoms with van der Waals surface area (Å²) in [4.78, 5) is 14.2. The van der Waals surface area contributed by atoms with Crippen LogP contribution in [0.25, 0.3) is 0 Å². The molecule has 3 rings (SSSR count). The van der Waals surface area contributed by atoms with Crippen molar-refractivity contribution < 1.29 is 4.79 Å². The summed E-state index contributed by atoms with van der Waals surface area (Å²) < 4.78 is 0. The van der Waals surface area contributed by atoms with Crippen LogP contribution in [0.4, 0.5) is 0 Å². The highest BCUT2D eigenvalue weighted by Crippen LogP contribution is 2.37. The summed E-state index contributed by atoms with van der Waals surface area (Å²) in [5.41, 5.74) is 2.80. The lowest BCUT2D eigenvalue weighted by molar-refractivity contribution is -0.130. The zero-order chi connectivity index (χ0) is 12.5. The Bertz CT molecular complexity index is 460. The molecule has 1 aliphatic heterocycles. The Labute approximate surface area is 114 Å². The van der Waals surface area contributed by atoms with E-state index in [9.17, 15) is 4.79 Å². The molecule has 2 aliphatic rings. The number of carbonyl (C=O) groups is 1. The highest BCUT2D eigenvalue weighted by molar-refractivity contribution is 7.80. The van der Waals surface area contributed by atoms with E-state index in [0.29, 0.717) is 24.3 Å². The van der Waals surface area contributed by atoms with Gasteiger partial charge in [-0.2, -0.15) is 12.6 Å². The van der Waals surface area contributed by atoms with Crippen LogP contribution < -0.4 is 0 Å². The maximum Gasteiger partial charge on any atom is 0.223 e. The minimum Gasteiger partial charge on any atom is -0.335 e. The second-order valence-electron chi connectivity index (χ2n) is 5.41. The lowest BCUT2D eigenvalue weighted by Gasteiger charge is -2.33. The number of fused-ring (bicyclic) bond motifs is 1. The van der Waals surface area contributed by atoms with E-state index in [1.807, 2.05) is 0 Å². The molecule has 1 aromatic rings. The summed E-state index contributed by atoms with van der Waals surface area (Å²) in [6.07, 6.45) is 4.14. The molecular formula is C15H19NOS. The van der Waals surface area contributed by atoms with Crippen LogP contribution in [0.3, 0.4) is 0 Å². The quantitative estimate of drug-likeness (QED) is 0.812. The predicted molar refractivity (Wildman–Crippen MR) is 75.8 cm³/mol. The van der Waals surface area contributed by atoms with Crippen LogP contribution >= 0.6 is 12.6 Å². The largest absolute Gasteiger partial charge is 0.335 e. The highest BCUT2D eigenvalue weighted by atomic mass is 32.1. The monoisotopic (exact) mass is 261 g/mol. The van der Waals surface area contributed by atoms with Crippen LogP contribution in [0.1, 0.15) is 36.4 Å². The summed E-state index contributed by atoms with van der Waals surface area (Å²) in [6.45, 7) is 0.890. The van der Waals surface area contributed by atoms with Crippen LogP contribution in [-0.2, 0) is 11.2 Å². The topological polar surface area (TPSA) is 20.3 Å². The van der Waals surface area contributed by atoms with Crippen LogP contribution in [0.2, 0.25) is 0 Å². The lowest BCUT2D eigenvalue weighted by Crippen LogP contribution is -2.32. The fraction of sp³-hybridized carbons (Fsp3) is 0.533. The average molecular weight is 261 g/mol. The van der Waals surface area contributed by atoms with Crippen molar-refractivity contribution in [2.24, 2.45) is 5.92 Å². The van der Waals surface area contributed by atoms with Gasteiger partial charge in [0, 0.05) is 13.0 Å². The van der Waals surface area contributed by atoms with Gasteiger partial charge >= 0.3 is 0 Å². The Morgan fingerprint density at radius 2 is 2.17 bits per heavy atom. The van der Waals surface area contributed by atoms with Crippen molar-refractivity contribution in [3.8, 4) is 0 Å². The lowest BCUT2D eigenvalue weighted by atomic mass is 9.87. The van der Waals surface area contributed by atoms with Gasteiger partial charge in [0.05, 0.1) is 6.04 Å². The second-order valence-corrected chi connectivity index (χ2v) is 5.77. The van der Waals surface area contributed by atoms with Gasteiger partial charge in [-0.3, -0.25) is 4.79 Å². The van der Waals surface area contributed by atoms with E-state index in [2.05, 4.69) is 41.8 Å². The van der Waals surface area contributed by atoms with Crippen LogP contribution in [-0.4, -0.2) is 23.1 Å². The van der Waals surface area contributed by atoms with Gasteiger partial charge in [0.1, 0.15) is 0 Å². The van der Waals surface area contributed by atoms with Crippen molar-refractivity contribution in [1.29, 1.82) is 0 Å². The molecule has 1 fully saturated rings. The molecule has 0 bridgehead atoms. The second kappa shape index (κ2) is 4.96. The number of likely N-dealkylation sites (tertiary alicyclic amines) is 1. The molecule has 0 aromatic heterocycles. The fourth-order valence-electron chi connectivity index (χ4n) is 3.28. The number of hydrogen-bond donors (Lipinski definition) is 1. The molecule has 0 N–H and O–H groups in total. The minimum atomic E-state index is 0.312. The molecule has 1 aromatic carbocycles. The molecule has 0 spiro atoms. The van der Waals surface area contributed by atoms with E-state index in [1.165, 1.54) is 17.5 Å². The van der Waals surface area contributed by atoms with Gasteiger partial charge in [-0.1, -0.05) is 24.3 Å². The van der Waals surface area contributed by atoms with E-state index < -0.39 is 0 Å². The molecule has 2 atom stereocenters. The number of amides is 1. The van der Waals surface area contributed by atoms with Crippen LogP contribution in [0, 0.1) is 5.92 Å². The van der Waals surface area contributed by atoms with E-state index in [4.69, 9.17) is 0 Å². The van der Waals surface area contributed by atoms with Crippen molar-refractivity contribution in [1.82, 2.24) is 4.90 Å². The summed E-state index contributed by atoms with van der Waals surface area (Å²) in [7, 11) is 0. The van der Waals surface area contributed by atoms with Gasteiger partial charge in [-0.15, -0.1) is 0 Å².